The van der Waals surface area contributed by atoms with Crippen LogP contribution in [0.3, 0.4) is 0 Å². The fourth-order valence-electron chi connectivity index (χ4n) is 0.272. The molecule has 0 aliphatic rings. The van der Waals surface area contributed by atoms with E-state index in [0.717, 1.165) is 5.54 Å². The summed E-state index contributed by atoms with van der Waals surface area (Å²) in [6, 6.07) is 0. The first kappa shape index (κ1) is 12.2. The number of halogens is 6. The maximum absolute atomic E-state index is 5.63. The van der Waals surface area contributed by atoms with Crippen molar-refractivity contribution in [3.8, 4) is 0 Å². The first-order valence-corrected chi connectivity index (χ1v) is 4.69. The lowest BCUT2D eigenvalue weighted by Crippen LogP contribution is -1.98. The topological polar surface area (TPSA) is 0 Å². The summed E-state index contributed by atoms with van der Waals surface area (Å²) in [6.07, 6.45) is 0. The monoisotopic (exact) mass is 272 g/mol. The normalized spacial score (nSPS) is 14.5. The SMILES string of the molecule is ClC=C(Cl)C(Cl)C(Cl)=C(Cl)Cl. The van der Waals surface area contributed by atoms with Crippen molar-refractivity contribution in [2.24, 2.45) is 0 Å². The molecule has 0 amide bonds. The van der Waals surface area contributed by atoms with E-state index in [0.29, 0.717) is 0 Å². The standard InChI is InChI=1S/C5H2Cl6/c6-1-2(7)3(8)4(9)5(10)11/h1,3H. The second-order valence-corrected chi connectivity index (χ2v) is 3.91. The molecule has 0 aromatic carbocycles. The Morgan fingerprint density at radius 3 is 1.82 bits per heavy atom. The average Bonchev–Trinajstić information content (AvgIpc) is 2.00. The third kappa shape index (κ3) is 4.12. The molecular formula is C5H2Cl6. The minimum atomic E-state index is -0.777. The Hall–Kier alpha value is 1.22. The maximum atomic E-state index is 5.63. The molecule has 0 fully saturated rings. The van der Waals surface area contributed by atoms with Crippen LogP contribution in [-0.2, 0) is 0 Å². The van der Waals surface area contributed by atoms with Crippen molar-refractivity contribution < 1.29 is 0 Å². The largest absolute Gasteiger partial charge is 0.123 e. The van der Waals surface area contributed by atoms with Gasteiger partial charge in [-0.25, -0.2) is 0 Å². The van der Waals surface area contributed by atoms with Gasteiger partial charge in [0.05, 0.1) is 10.1 Å². The smallest absolute Gasteiger partial charge is 0.111 e. The first-order valence-electron chi connectivity index (χ1n) is 2.31. The maximum Gasteiger partial charge on any atom is 0.123 e. The van der Waals surface area contributed by atoms with E-state index in [9.17, 15) is 0 Å². The van der Waals surface area contributed by atoms with E-state index in [1.807, 2.05) is 0 Å². The van der Waals surface area contributed by atoms with E-state index >= 15 is 0 Å². The summed E-state index contributed by atoms with van der Waals surface area (Å²) in [6.45, 7) is 0. The van der Waals surface area contributed by atoms with Gasteiger partial charge in [0.25, 0.3) is 0 Å². The number of hydrogen-bond acceptors (Lipinski definition) is 0. The molecule has 0 aromatic rings. The number of rotatable bonds is 2. The molecule has 0 rings (SSSR count). The van der Waals surface area contributed by atoms with Crippen molar-refractivity contribution in [3.63, 3.8) is 0 Å². The zero-order valence-corrected chi connectivity index (χ0v) is 9.46. The molecule has 0 aliphatic carbocycles. The minimum Gasteiger partial charge on any atom is -0.111 e. The van der Waals surface area contributed by atoms with Crippen LogP contribution in [0.1, 0.15) is 0 Å². The Bertz CT molecular complexity index is 189. The summed E-state index contributed by atoms with van der Waals surface area (Å²) in [4.78, 5) is 0. The molecule has 0 aliphatic heterocycles. The summed E-state index contributed by atoms with van der Waals surface area (Å²) < 4.78 is -0.122. The summed E-state index contributed by atoms with van der Waals surface area (Å²) in [5.41, 5.74) is 1.10. The molecule has 6 heteroatoms. The van der Waals surface area contributed by atoms with Crippen LogP contribution < -0.4 is 0 Å². The van der Waals surface area contributed by atoms with Gasteiger partial charge in [-0.1, -0.05) is 58.0 Å². The summed E-state index contributed by atoms with van der Waals surface area (Å²) in [5.74, 6) is 0. The molecule has 0 aromatic heterocycles. The van der Waals surface area contributed by atoms with E-state index in [-0.39, 0.29) is 14.6 Å². The van der Waals surface area contributed by atoms with Crippen molar-refractivity contribution in [2.75, 3.05) is 0 Å². The van der Waals surface area contributed by atoms with Crippen molar-refractivity contribution in [1.29, 1.82) is 0 Å². The van der Waals surface area contributed by atoms with Crippen LogP contribution in [0, 0.1) is 0 Å². The minimum absolute atomic E-state index is 0.0527. The highest BCUT2D eigenvalue weighted by molar-refractivity contribution is 6.61. The fraction of sp³-hybridized carbons (Fsp3) is 0.200. The van der Waals surface area contributed by atoms with Gasteiger partial charge in [0.2, 0.25) is 0 Å². The van der Waals surface area contributed by atoms with Crippen LogP contribution in [-0.4, -0.2) is 5.38 Å². The van der Waals surface area contributed by atoms with Gasteiger partial charge in [-0.05, 0) is 0 Å². The predicted molar refractivity (Wildman–Crippen MR) is 54.0 cm³/mol. The second-order valence-electron chi connectivity index (χ2n) is 1.46. The average molecular weight is 275 g/mol. The third-order valence-corrected chi connectivity index (χ3v) is 3.11. The molecule has 1 atom stereocenters. The Morgan fingerprint density at radius 2 is 1.55 bits per heavy atom. The van der Waals surface area contributed by atoms with Crippen LogP contribution >= 0.6 is 69.6 Å². The summed E-state index contributed by atoms with van der Waals surface area (Å²) in [5, 5.41) is -0.560. The molecule has 64 valence electrons. The van der Waals surface area contributed by atoms with Gasteiger partial charge in [-0.3, -0.25) is 0 Å². The van der Waals surface area contributed by atoms with Crippen LogP contribution in [0.2, 0.25) is 0 Å². The Balaban J connectivity index is 4.51. The highest BCUT2D eigenvalue weighted by Gasteiger charge is 2.15. The van der Waals surface area contributed by atoms with E-state index in [4.69, 9.17) is 69.6 Å². The van der Waals surface area contributed by atoms with Gasteiger partial charge in [0.1, 0.15) is 9.87 Å². The number of hydrogen-bond donors (Lipinski definition) is 0. The second kappa shape index (κ2) is 5.80. The Morgan fingerprint density at radius 1 is 1.09 bits per heavy atom. The Labute approximate surface area is 94.6 Å². The molecule has 0 heterocycles. The Kier molecular flexibility index (Phi) is 6.44. The summed E-state index contributed by atoms with van der Waals surface area (Å²) in [7, 11) is 0. The van der Waals surface area contributed by atoms with Crippen LogP contribution in [0.4, 0.5) is 0 Å². The third-order valence-electron chi connectivity index (χ3n) is 0.749. The number of alkyl halides is 1. The fourth-order valence-corrected chi connectivity index (χ4v) is 1.25. The van der Waals surface area contributed by atoms with Gasteiger partial charge >= 0.3 is 0 Å². The van der Waals surface area contributed by atoms with E-state index in [1.54, 1.807) is 0 Å². The molecule has 0 saturated carbocycles. The van der Waals surface area contributed by atoms with Crippen LogP contribution in [0.5, 0.6) is 0 Å². The van der Waals surface area contributed by atoms with E-state index in [1.165, 1.54) is 0 Å². The van der Waals surface area contributed by atoms with E-state index < -0.39 is 5.38 Å². The van der Waals surface area contributed by atoms with Crippen LogP contribution in [0.15, 0.2) is 20.1 Å². The van der Waals surface area contributed by atoms with Gasteiger partial charge in [0, 0.05) is 5.54 Å². The molecule has 0 bridgehead atoms. The lowest BCUT2D eigenvalue weighted by atomic mass is 10.4. The first-order chi connectivity index (χ1) is 5.00. The lowest BCUT2D eigenvalue weighted by Gasteiger charge is -2.05. The van der Waals surface area contributed by atoms with Gasteiger partial charge in [-0.15, -0.1) is 11.6 Å². The molecule has 11 heavy (non-hydrogen) atoms. The molecule has 0 radical (unpaired) electrons. The zero-order chi connectivity index (χ0) is 9.02. The van der Waals surface area contributed by atoms with E-state index in [2.05, 4.69) is 0 Å². The predicted octanol–water partition coefficient (Wildman–Crippen LogP) is 4.80. The van der Waals surface area contributed by atoms with Gasteiger partial charge in [0.15, 0.2) is 0 Å². The molecule has 0 N–H and O–H groups in total. The molecule has 0 spiro atoms. The number of allylic oxidation sites excluding steroid dienone is 2. The van der Waals surface area contributed by atoms with Crippen molar-refractivity contribution >= 4 is 69.6 Å². The van der Waals surface area contributed by atoms with Crippen molar-refractivity contribution in [1.82, 2.24) is 0 Å². The molecule has 1 unspecified atom stereocenters. The van der Waals surface area contributed by atoms with Crippen molar-refractivity contribution in [3.05, 3.63) is 20.1 Å². The van der Waals surface area contributed by atoms with Crippen LogP contribution in [0.25, 0.3) is 0 Å². The molecular weight excluding hydrogens is 273 g/mol. The molecule has 0 nitrogen and oxygen atoms in total. The van der Waals surface area contributed by atoms with Gasteiger partial charge < -0.3 is 0 Å². The van der Waals surface area contributed by atoms with Crippen molar-refractivity contribution in [2.45, 2.75) is 5.38 Å². The highest BCUT2D eigenvalue weighted by atomic mass is 35.5. The quantitative estimate of drug-likeness (QED) is 0.635. The lowest BCUT2D eigenvalue weighted by molar-refractivity contribution is 1.33. The summed E-state index contributed by atoms with van der Waals surface area (Å²) >= 11 is 32.6. The highest BCUT2D eigenvalue weighted by Crippen LogP contribution is 2.30. The molecule has 0 saturated heterocycles. The van der Waals surface area contributed by atoms with Gasteiger partial charge in [-0.2, -0.15) is 0 Å². The zero-order valence-electron chi connectivity index (χ0n) is 4.92.